The number of rotatable bonds is 6. The van der Waals surface area contributed by atoms with E-state index in [1.165, 1.54) is 0 Å². The summed E-state index contributed by atoms with van der Waals surface area (Å²) in [5.41, 5.74) is 2.11. The fourth-order valence-electron chi connectivity index (χ4n) is 2.90. The molecule has 0 saturated heterocycles. The minimum Gasteiger partial charge on any atom is -0.497 e. The zero-order valence-electron chi connectivity index (χ0n) is 17.0. The lowest BCUT2D eigenvalue weighted by molar-refractivity contribution is 0.297. The maximum absolute atomic E-state index is 5.75. The summed E-state index contributed by atoms with van der Waals surface area (Å²) in [4.78, 5) is 4.28. The van der Waals surface area contributed by atoms with Crippen molar-refractivity contribution in [3.63, 3.8) is 0 Å². The predicted molar refractivity (Wildman–Crippen MR) is 124 cm³/mol. The number of nitrogens with zero attached hydrogens (tertiary/aromatic N) is 1. The molecular formula is C21H28IN3O4. The van der Waals surface area contributed by atoms with Crippen LogP contribution in [-0.4, -0.2) is 40.4 Å². The lowest BCUT2D eigenvalue weighted by Crippen LogP contribution is -2.36. The number of hydrogen-bond donors (Lipinski definition) is 2. The number of halogens is 1. The smallest absolute Gasteiger partial charge is 0.191 e. The minimum absolute atomic E-state index is 0. The Kier molecular flexibility index (Phi) is 9.17. The van der Waals surface area contributed by atoms with E-state index in [1.807, 2.05) is 36.4 Å². The summed E-state index contributed by atoms with van der Waals surface area (Å²) in [5, 5.41) is 6.62. The molecule has 0 amide bonds. The zero-order valence-corrected chi connectivity index (χ0v) is 19.3. The van der Waals surface area contributed by atoms with E-state index < -0.39 is 0 Å². The highest BCUT2D eigenvalue weighted by molar-refractivity contribution is 14.0. The molecule has 0 aromatic heterocycles. The second-order valence-electron chi connectivity index (χ2n) is 6.29. The minimum atomic E-state index is 0. The van der Waals surface area contributed by atoms with E-state index in [-0.39, 0.29) is 24.0 Å². The molecule has 1 aliphatic rings. The van der Waals surface area contributed by atoms with Gasteiger partial charge in [-0.2, -0.15) is 0 Å². The molecule has 0 spiro atoms. The molecule has 158 valence electrons. The molecular weight excluding hydrogens is 485 g/mol. The molecule has 0 unspecified atom stereocenters. The molecule has 8 heteroatoms. The first kappa shape index (κ1) is 22.9. The predicted octanol–water partition coefficient (Wildman–Crippen LogP) is 3.35. The van der Waals surface area contributed by atoms with Crippen LogP contribution >= 0.6 is 24.0 Å². The first-order valence-corrected chi connectivity index (χ1v) is 9.27. The van der Waals surface area contributed by atoms with Gasteiger partial charge in [0.2, 0.25) is 0 Å². The third-order valence-electron chi connectivity index (χ3n) is 4.44. The number of nitrogens with one attached hydrogen (secondary N) is 2. The standard InChI is InChI=1S/C21H27N3O4.HI/c1-22-21(24-14-16-6-7-17(25-2)12-19(16)26-3)23-13-15-5-8-18-20(11-15)28-10-4-9-27-18;/h5-8,11-12H,4,9-10,13-14H2,1-3H3,(H2,22,23,24);1H. The fourth-order valence-corrected chi connectivity index (χ4v) is 2.90. The fraction of sp³-hybridized carbons (Fsp3) is 0.381. The molecule has 2 N–H and O–H groups in total. The Labute approximate surface area is 188 Å². The number of hydrogen-bond acceptors (Lipinski definition) is 5. The van der Waals surface area contributed by atoms with Crippen LogP contribution in [-0.2, 0) is 13.1 Å². The Morgan fingerprint density at radius 2 is 1.72 bits per heavy atom. The number of ether oxygens (including phenoxy) is 4. The Morgan fingerprint density at radius 3 is 2.45 bits per heavy atom. The van der Waals surface area contributed by atoms with Gasteiger partial charge in [0.05, 0.1) is 27.4 Å². The Morgan fingerprint density at radius 1 is 0.966 bits per heavy atom. The van der Waals surface area contributed by atoms with E-state index in [9.17, 15) is 0 Å². The van der Waals surface area contributed by atoms with Gasteiger partial charge in [-0.1, -0.05) is 6.07 Å². The van der Waals surface area contributed by atoms with Crippen molar-refractivity contribution in [2.24, 2.45) is 4.99 Å². The molecule has 7 nitrogen and oxygen atoms in total. The summed E-state index contributed by atoms with van der Waals surface area (Å²) in [5.74, 6) is 3.82. The zero-order chi connectivity index (χ0) is 19.8. The average Bonchev–Trinajstić information content (AvgIpc) is 2.98. The van der Waals surface area contributed by atoms with Gasteiger partial charge in [-0.3, -0.25) is 4.99 Å². The quantitative estimate of drug-likeness (QED) is 0.351. The molecule has 0 radical (unpaired) electrons. The van der Waals surface area contributed by atoms with Crippen molar-refractivity contribution in [1.82, 2.24) is 10.6 Å². The third kappa shape index (κ3) is 6.31. The lowest BCUT2D eigenvalue weighted by Gasteiger charge is -2.15. The largest absolute Gasteiger partial charge is 0.497 e. The van der Waals surface area contributed by atoms with Gasteiger partial charge in [-0.15, -0.1) is 24.0 Å². The molecule has 0 atom stereocenters. The molecule has 2 aromatic rings. The molecule has 3 rings (SSSR count). The van der Waals surface area contributed by atoms with Crippen LogP contribution in [0.15, 0.2) is 41.4 Å². The van der Waals surface area contributed by atoms with Gasteiger partial charge < -0.3 is 29.6 Å². The second kappa shape index (κ2) is 11.6. The number of methoxy groups -OCH3 is 2. The average molecular weight is 513 g/mol. The lowest BCUT2D eigenvalue weighted by atomic mass is 10.2. The Balaban J connectivity index is 0.00000300. The van der Waals surface area contributed by atoms with Crippen LogP contribution in [0.3, 0.4) is 0 Å². The maximum atomic E-state index is 5.75. The maximum Gasteiger partial charge on any atom is 0.191 e. The van der Waals surface area contributed by atoms with Gasteiger partial charge in [-0.05, 0) is 29.8 Å². The van der Waals surface area contributed by atoms with Crippen LogP contribution in [0.25, 0.3) is 0 Å². The van der Waals surface area contributed by atoms with Gasteiger partial charge in [0.25, 0.3) is 0 Å². The van der Waals surface area contributed by atoms with Crippen molar-refractivity contribution in [3.05, 3.63) is 47.5 Å². The Hall–Kier alpha value is -2.36. The topological polar surface area (TPSA) is 73.3 Å². The van der Waals surface area contributed by atoms with Crippen molar-refractivity contribution in [3.8, 4) is 23.0 Å². The summed E-state index contributed by atoms with van der Waals surface area (Å²) in [7, 11) is 5.03. The van der Waals surface area contributed by atoms with Crippen LogP contribution < -0.4 is 29.6 Å². The number of guanidine groups is 1. The van der Waals surface area contributed by atoms with Gasteiger partial charge in [0.1, 0.15) is 11.5 Å². The van der Waals surface area contributed by atoms with Crippen LogP contribution in [0.5, 0.6) is 23.0 Å². The number of fused-ring (bicyclic) bond motifs is 1. The highest BCUT2D eigenvalue weighted by Gasteiger charge is 2.11. The summed E-state index contributed by atoms with van der Waals surface area (Å²) in [6.07, 6.45) is 0.896. The Bertz CT molecular complexity index is 830. The third-order valence-corrected chi connectivity index (χ3v) is 4.44. The van der Waals surface area contributed by atoms with E-state index in [0.29, 0.717) is 32.3 Å². The van der Waals surface area contributed by atoms with Crippen molar-refractivity contribution in [2.45, 2.75) is 19.5 Å². The van der Waals surface area contributed by atoms with Crippen molar-refractivity contribution < 1.29 is 18.9 Å². The summed E-state index contributed by atoms with van der Waals surface area (Å²) in [6.45, 7) is 2.57. The van der Waals surface area contributed by atoms with E-state index >= 15 is 0 Å². The molecule has 0 saturated carbocycles. The van der Waals surface area contributed by atoms with E-state index in [2.05, 4.69) is 15.6 Å². The highest BCUT2D eigenvalue weighted by atomic mass is 127. The second-order valence-corrected chi connectivity index (χ2v) is 6.29. The monoisotopic (exact) mass is 513 g/mol. The summed E-state index contributed by atoms with van der Waals surface area (Å²) in [6, 6.07) is 11.7. The number of benzene rings is 2. The van der Waals surface area contributed by atoms with E-state index in [0.717, 1.165) is 40.5 Å². The number of aliphatic imine (C=N–C) groups is 1. The van der Waals surface area contributed by atoms with Crippen molar-refractivity contribution >= 4 is 29.9 Å². The van der Waals surface area contributed by atoms with Gasteiger partial charge >= 0.3 is 0 Å². The summed E-state index contributed by atoms with van der Waals surface area (Å²) < 4.78 is 22.1. The van der Waals surface area contributed by atoms with Crippen LogP contribution in [0.4, 0.5) is 0 Å². The highest BCUT2D eigenvalue weighted by Crippen LogP contribution is 2.30. The van der Waals surface area contributed by atoms with Gasteiger partial charge in [0.15, 0.2) is 17.5 Å². The normalized spacial score (nSPS) is 13.0. The van der Waals surface area contributed by atoms with Crippen molar-refractivity contribution in [2.75, 3.05) is 34.5 Å². The molecule has 29 heavy (non-hydrogen) atoms. The molecule has 1 aliphatic heterocycles. The van der Waals surface area contributed by atoms with Crippen LogP contribution in [0, 0.1) is 0 Å². The van der Waals surface area contributed by atoms with Gasteiger partial charge in [-0.25, -0.2) is 0 Å². The van der Waals surface area contributed by atoms with E-state index in [4.69, 9.17) is 18.9 Å². The first-order chi connectivity index (χ1) is 13.7. The van der Waals surface area contributed by atoms with Crippen molar-refractivity contribution in [1.29, 1.82) is 0 Å². The van der Waals surface area contributed by atoms with Crippen LogP contribution in [0.1, 0.15) is 17.5 Å². The molecule has 0 bridgehead atoms. The first-order valence-electron chi connectivity index (χ1n) is 9.27. The molecule has 2 aromatic carbocycles. The van der Waals surface area contributed by atoms with Gasteiger partial charge in [0, 0.05) is 38.2 Å². The summed E-state index contributed by atoms with van der Waals surface area (Å²) >= 11 is 0. The SMILES string of the molecule is CN=C(NCc1ccc2c(c1)OCCCO2)NCc1ccc(OC)cc1OC.I. The molecule has 0 aliphatic carbocycles. The molecule has 1 heterocycles. The van der Waals surface area contributed by atoms with E-state index in [1.54, 1.807) is 21.3 Å². The van der Waals surface area contributed by atoms with Crippen LogP contribution in [0.2, 0.25) is 0 Å². The molecule has 0 fully saturated rings.